The molecule has 1 N–H and O–H groups in total. The Bertz CT molecular complexity index is 723. The maximum absolute atomic E-state index is 12.7. The smallest absolute Gasteiger partial charge is 0.316 e. The predicted molar refractivity (Wildman–Crippen MR) is 104 cm³/mol. The highest BCUT2D eigenvalue weighted by Crippen LogP contribution is 2.46. The van der Waals surface area contributed by atoms with E-state index in [1.165, 1.54) is 21.1 Å². The number of nitrogens with zero attached hydrogens (tertiary/aromatic N) is 1. The van der Waals surface area contributed by atoms with Crippen molar-refractivity contribution in [3.63, 3.8) is 0 Å². The first-order valence-electron chi connectivity index (χ1n) is 9.47. The van der Waals surface area contributed by atoms with Gasteiger partial charge in [-0.25, -0.2) is 0 Å². The molecule has 0 radical (unpaired) electrons. The molecule has 0 aromatic heterocycles. The zero-order valence-electron chi connectivity index (χ0n) is 17.1. The van der Waals surface area contributed by atoms with E-state index in [1.54, 1.807) is 12.1 Å². The molecule has 1 aromatic carbocycles. The van der Waals surface area contributed by atoms with Gasteiger partial charge in [0.15, 0.2) is 5.78 Å². The molecule has 1 aliphatic carbocycles. The van der Waals surface area contributed by atoms with E-state index in [-0.39, 0.29) is 6.42 Å². The van der Waals surface area contributed by atoms with E-state index in [4.69, 9.17) is 9.47 Å². The van der Waals surface area contributed by atoms with Crippen molar-refractivity contribution in [2.75, 3.05) is 32.2 Å². The van der Waals surface area contributed by atoms with Gasteiger partial charge in [-0.3, -0.25) is 14.4 Å². The lowest BCUT2D eigenvalue weighted by molar-refractivity contribution is -0.170. The quantitative estimate of drug-likeness (QED) is 0.585. The number of benzene rings is 1. The highest BCUT2D eigenvalue weighted by atomic mass is 16.5. The first kappa shape index (κ1) is 21.9. The van der Waals surface area contributed by atoms with Crippen LogP contribution in [0, 0.1) is 11.8 Å². The van der Waals surface area contributed by atoms with Gasteiger partial charge in [0.2, 0.25) is 0 Å². The van der Waals surface area contributed by atoms with Gasteiger partial charge in [0.1, 0.15) is 5.92 Å². The van der Waals surface area contributed by atoms with Crippen LogP contribution in [0.4, 0.5) is 5.69 Å². The molecule has 0 heterocycles. The summed E-state index contributed by atoms with van der Waals surface area (Å²) in [6.45, 7) is 7.20. The molecule has 4 atom stereocenters. The largest absolute Gasteiger partial charge is 0.469 e. The number of Topliss-reactive ketones (excluding diaryl/α,β-unsaturated/α-hetero) is 1. The van der Waals surface area contributed by atoms with Gasteiger partial charge in [0, 0.05) is 31.1 Å². The number of rotatable bonds is 6. The third-order valence-corrected chi connectivity index (χ3v) is 5.58. The normalized spacial score (nSPS) is 27.2. The summed E-state index contributed by atoms with van der Waals surface area (Å²) >= 11 is 0. The van der Waals surface area contributed by atoms with Crippen molar-refractivity contribution in [2.24, 2.45) is 11.8 Å². The van der Waals surface area contributed by atoms with Gasteiger partial charge in [0.25, 0.3) is 0 Å². The fourth-order valence-corrected chi connectivity index (χ4v) is 4.17. The van der Waals surface area contributed by atoms with Crippen LogP contribution in [0.25, 0.3) is 0 Å². The molecule has 7 heteroatoms. The lowest BCUT2D eigenvalue weighted by Crippen LogP contribution is -2.55. The summed E-state index contributed by atoms with van der Waals surface area (Å²) in [6, 6.07) is 7.36. The van der Waals surface area contributed by atoms with Gasteiger partial charge >= 0.3 is 11.9 Å². The lowest BCUT2D eigenvalue weighted by Gasteiger charge is -2.43. The number of hydrogen-bond donors (Lipinski definition) is 1. The average Bonchev–Trinajstić information content (AvgIpc) is 2.67. The fourth-order valence-electron chi connectivity index (χ4n) is 4.17. The SMILES string of the molecule is CCN(CC)c1ccc([C@H]2[C@H](C(=O)OC)C(=O)C[C@@](C)(O)[C@@H]2C(=O)OC)cc1. The first-order chi connectivity index (χ1) is 13.2. The monoisotopic (exact) mass is 391 g/mol. The number of anilines is 1. The molecule has 0 aliphatic heterocycles. The summed E-state index contributed by atoms with van der Waals surface area (Å²) in [5.41, 5.74) is -0.0291. The van der Waals surface area contributed by atoms with Crippen molar-refractivity contribution in [3.05, 3.63) is 29.8 Å². The van der Waals surface area contributed by atoms with Crippen LogP contribution in [-0.2, 0) is 23.9 Å². The van der Waals surface area contributed by atoms with E-state index in [1.807, 2.05) is 12.1 Å². The Kier molecular flexibility index (Phi) is 6.82. The van der Waals surface area contributed by atoms with Gasteiger partial charge in [-0.05, 0) is 38.5 Å². The lowest BCUT2D eigenvalue weighted by atomic mass is 9.61. The van der Waals surface area contributed by atoms with Crippen LogP contribution in [0.15, 0.2) is 24.3 Å². The highest BCUT2D eigenvalue weighted by Gasteiger charge is 2.56. The second-order valence-corrected chi connectivity index (χ2v) is 7.29. The Labute approximate surface area is 165 Å². The second kappa shape index (κ2) is 8.73. The van der Waals surface area contributed by atoms with E-state index >= 15 is 0 Å². The number of ketones is 1. The number of carbonyl (C=O) groups excluding carboxylic acids is 3. The number of aliphatic hydroxyl groups is 1. The van der Waals surface area contributed by atoms with Crippen LogP contribution < -0.4 is 4.90 Å². The summed E-state index contributed by atoms with van der Waals surface area (Å²) in [7, 11) is 2.43. The summed E-state index contributed by atoms with van der Waals surface area (Å²) < 4.78 is 9.74. The fraction of sp³-hybridized carbons (Fsp3) is 0.571. The Morgan fingerprint density at radius 1 is 1.11 bits per heavy atom. The molecule has 1 aromatic rings. The van der Waals surface area contributed by atoms with Crippen molar-refractivity contribution in [2.45, 2.75) is 38.7 Å². The summed E-state index contributed by atoms with van der Waals surface area (Å²) in [6.07, 6.45) is -0.319. The number of ether oxygens (including phenoxy) is 2. The van der Waals surface area contributed by atoms with Crippen LogP contribution in [0.5, 0.6) is 0 Å². The average molecular weight is 391 g/mol. The summed E-state index contributed by atoms with van der Waals surface area (Å²) in [4.78, 5) is 39.8. The van der Waals surface area contributed by atoms with Crippen LogP contribution in [0.2, 0.25) is 0 Å². The second-order valence-electron chi connectivity index (χ2n) is 7.29. The number of hydrogen-bond acceptors (Lipinski definition) is 7. The van der Waals surface area contributed by atoms with E-state index in [0.717, 1.165) is 18.8 Å². The molecule has 28 heavy (non-hydrogen) atoms. The molecule has 2 rings (SSSR count). The first-order valence-corrected chi connectivity index (χ1v) is 9.47. The van der Waals surface area contributed by atoms with Crippen LogP contribution in [-0.4, -0.2) is 55.7 Å². The molecule has 154 valence electrons. The van der Waals surface area contributed by atoms with Crippen molar-refractivity contribution in [1.29, 1.82) is 0 Å². The van der Waals surface area contributed by atoms with Gasteiger partial charge in [-0.15, -0.1) is 0 Å². The van der Waals surface area contributed by atoms with E-state index in [9.17, 15) is 19.5 Å². The summed E-state index contributed by atoms with van der Waals surface area (Å²) in [5, 5.41) is 10.8. The molecule has 0 spiro atoms. The third kappa shape index (κ3) is 4.04. The maximum atomic E-state index is 12.7. The van der Waals surface area contributed by atoms with Crippen molar-refractivity contribution < 1.29 is 29.0 Å². The Morgan fingerprint density at radius 3 is 2.11 bits per heavy atom. The standard InChI is InChI=1S/C21H29NO6/c1-6-22(7-2)14-10-8-13(9-11-14)16-17(19(24)27-4)15(23)12-21(3,26)18(16)20(25)28-5/h8-11,16-18,26H,6-7,12H2,1-5H3/t16-,17+,18-,21+/m0/s1. The van der Waals surface area contributed by atoms with E-state index in [0.29, 0.717) is 5.56 Å². The molecule has 1 saturated carbocycles. The molecular formula is C21H29NO6. The molecule has 1 aliphatic rings. The number of methoxy groups -OCH3 is 2. The molecule has 0 unspecified atom stereocenters. The Morgan fingerprint density at radius 2 is 1.64 bits per heavy atom. The number of carbonyl (C=O) groups is 3. The number of esters is 2. The van der Waals surface area contributed by atoms with Gasteiger partial charge in [-0.1, -0.05) is 12.1 Å². The zero-order chi connectivity index (χ0) is 21.1. The van der Waals surface area contributed by atoms with Crippen LogP contribution >= 0.6 is 0 Å². The summed E-state index contributed by atoms with van der Waals surface area (Å²) in [5.74, 6) is -4.94. The molecule has 0 bridgehead atoms. The molecule has 1 fully saturated rings. The highest BCUT2D eigenvalue weighted by molar-refractivity contribution is 6.02. The predicted octanol–water partition coefficient (Wildman–Crippen LogP) is 1.92. The van der Waals surface area contributed by atoms with Gasteiger partial charge in [0.05, 0.1) is 25.7 Å². The minimum Gasteiger partial charge on any atom is -0.469 e. The van der Waals surface area contributed by atoms with Gasteiger partial charge in [-0.2, -0.15) is 0 Å². The minimum atomic E-state index is -1.63. The molecular weight excluding hydrogens is 362 g/mol. The minimum absolute atomic E-state index is 0.319. The topological polar surface area (TPSA) is 93.1 Å². The molecule has 0 amide bonds. The zero-order valence-corrected chi connectivity index (χ0v) is 17.1. The van der Waals surface area contributed by atoms with Crippen LogP contribution in [0.3, 0.4) is 0 Å². The Hall–Kier alpha value is -2.41. The van der Waals surface area contributed by atoms with Crippen molar-refractivity contribution in [1.82, 2.24) is 0 Å². The van der Waals surface area contributed by atoms with Crippen LogP contribution in [0.1, 0.15) is 38.7 Å². The molecule has 7 nitrogen and oxygen atoms in total. The molecule has 0 saturated heterocycles. The third-order valence-electron chi connectivity index (χ3n) is 5.58. The van der Waals surface area contributed by atoms with E-state index in [2.05, 4.69) is 18.7 Å². The van der Waals surface area contributed by atoms with E-state index < -0.39 is 41.1 Å². The van der Waals surface area contributed by atoms with Gasteiger partial charge < -0.3 is 19.5 Å². The van der Waals surface area contributed by atoms with Crippen molar-refractivity contribution in [3.8, 4) is 0 Å². The van der Waals surface area contributed by atoms with Crippen molar-refractivity contribution >= 4 is 23.4 Å². The Balaban J connectivity index is 2.57. The maximum Gasteiger partial charge on any atom is 0.316 e.